The van der Waals surface area contributed by atoms with E-state index in [-0.39, 0.29) is 12.1 Å². The van der Waals surface area contributed by atoms with Gasteiger partial charge in [-0.3, -0.25) is 0 Å². The van der Waals surface area contributed by atoms with Gasteiger partial charge in [-0.15, -0.1) is 0 Å². The van der Waals surface area contributed by atoms with Gasteiger partial charge in [-0.1, -0.05) is 36.2 Å². The lowest BCUT2D eigenvalue weighted by Crippen LogP contribution is -2.34. The molecule has 3 heteroatoms. The second-order valence-electron chi connectivity index (χ2n) is 7.14. The number of carbonyl (C=O) groups is 1. The molecule has 0 aromatic heterocycles. The van der Waals surface area contributed by atoms with Gasteiger partial charge in [0.15, 0.2) is 5.60 Å². The van der Waals surface area contributed by atoms with Crippen molar-refractivity contribution in [1.82, 2.24) is 0 Å². The molecule has 4 rings (SSSR count). The maximum absolute atomic E-state index is 12.8. The largest absolute Gasteiger partial charge is 0.460 e. The lowest BCUT2D eigenvalue weighted by Gasteiger charge is -2.23. The predicted molar refractivity (Wildman–Crippen MR) is 83.5 cm³/mol. The highest BCUT2D eigenvalue weighted by molar-refractivity contribution is 5.86. The van der Waals surface area contributed by atoms with Crippen molar-refractivity contribution < 1.29 is 14.3 Å². The van der Waals surface area contributed by atoms with E-state index in [1.807, 2.05) is 0 Å². The average molecular weight is 300 g/mol. The van der Waals surface area contributed by atoms with E-state index in [0.29, 0.717) is 0 Å². The Balaban J connectivity index is 1.53. The van der Waals surface area contributed by atoms with Gasteiger partial charge in [0.2, 0.25) is 0 Å². The highest BCUT2D eigenvalue weighted by atomic mass is 16.7. The van der Waals surface area contributed by atoms with Gasteiger partial charge in [-0.2, -0.15) is 0 Å². The minimum Gasteiger partial charge on any atom is -0.460 e. The molecule has 0 spiro atoms. The number of rotatable bonds is 3. The number of hydrogen-bond donors (Lipinski definition) is 0. The fourth-order valence-corrected chi connectivity index (χ4v) is 4.36. The average Bonchev–Trinajstić information content (AvgIpc) is 3.06. The van der Waals surface area contributed by atoms with Crippen LogP contribution in [0.2, 0.25) is 0 Å². The summed E-state index contributed by atoms with van der Waals surface area (Å²) in [4.78, 5) is 12.8. The van der Waals surface area contributed by atoms with Gasteiger partial charge in [0.05, 0.1) is 0 Å². The number of fused-ring (bicyclic) bond motifs is 1. The molecule has 0 amide bonds. The predicted octanol–water partition coefficient (Wildman–Crippen LogP) is 4.02. The molecule has 2 saturated carbocycles. The van der Waals surface area contributed by atoms with Gasteiger partial charge in [-0.25, -0.2) is 4.79 Å². The Hall–Kier alpha value is -1.35. The maximum Gasteiger partial charge on any atom is 0.342 e. The van der Waals surface area contributed by atoms with E-state index in [1.165, 1.54) is 24.8 Å². The van der Waals surface area contributed by atoms with Crippen molar-refractivity contribution in [2.45, 2.75) is 75.6 Å². The smallest absolute Gasteiger partial charge is 0.342 e. The number of ether oxygens (including phenoxy) is 2. The summed E-state index contributed by atoms with van der Waals surface area (Å²) in [6.07, 6.45) is 8.51. The second kappa shape index (κ2) is 5.09. The molecule has 0 bridgehead atoms. The Morgan fingerprint density at radius 1 is 1.09 bits per heavy atom. The molecular weight excluding hydrogens is 276 g/mol. The van der Waals surface area contributed by atoms with Crippen LogP contribution in [0.25, 0.3) is 0 Å². The summed E-state index contributed by atoms with van der Waals surface area (Å²) < 4.78 is 11.9. The van der Waals surface area contributed by atoms with Gasteiger partial charge in [-0.05, 0) is 57.4 Å². The van der Waals surface area contributed by atoms with E-state index in [4.69, 9.17) is 9.47 Å². The Morgan fingerprint density at radius 2 is 1.82 bits per heavy atom. The molecule has 3 aliphatic rings. The van der Waals surface area contributed by atoms with Crippen molar-refractivity contribution in [3.63, 3.8) is 0 Å². The summed E-state index contributed by atoms with van der Waals surface area (Å²) in [5.41, 5.74) is 1.26. The van der Waals surface area contributed by atoms with Crippen molar-refractivity contribution in [3.8, 4) is 0 Å². The van der Waals surface area contributed by atoms with Gasteiger partial charge in [0, 0.05) is 0 Å². The van der Waals surface area contributed by atoms with Crippen molar-refractivity contribution >= 4 is 5.97 Å². The van der Waals surface area contributed by atoms with Crippen LogP contribution in [0.5, 0.6) is 0 Å². The SMILES string of the molecule is Cc1ccc(C23CCCC2(C(=O)OC2CCCCC2)O3)cc1. The highest BCUT2D eigenvalue weighted by Crippen LogP contribution is 2.66. The summed E-state index contributed by atoms with van der Waals surface area (Å²) >= 11 is 0. The van der Waals surface area contributed by atoms with Gasteiger partial charge in [0.25, 0.3) is 0 Å². The molecule has 1 aromatic rings. The zero-order valence-electron chi connectivity index (χ0n) is 13.3. The molecule has 0 N–H and O–H groups in total. The van der Waals surface area contributed by atoms with Crippen LogP contribution in [0.4, 0.5) is 0 Å². The second-order valence-corrected chi connectivity index (χ2v) is 7.14. The summed E-state index contributed by atoms with van der Waals surface area (Å²) in [7, 11) is 0. The number of hydrogen-bond acceptors (Lipinski definition) is 3. The normalized spacial score (nSPS) is 34.2. The third-order valence-electron chi connectivity index (χ3n) is 5.69. The molecule has 1 heterocycles. The van der Waals surface area contributed by atoms with E-state index in [0.717, 1.165) is 37.7 Å². The number of carbonyl (C=O) groups excluding carboxylic acids is 1. The first-order valence-electron chi connectivity index (χ1n) is 8.65. The summed E-state index contributed by atoms with van der Waals surface area (Å²) in [6, 6.07) is 8.41. The standard InChI is InChI=1S/C19H24O3/c1-14-8-10-15(11-9-14)18-12-5-13-19(18,22-18)17(20)21-16-6-3-2-4-7-16/h8-11,16H,2-7,12-13H2,1H3. The lowest BCUT2D eigenvalue weighted by atomic mass is 9.88. The highest BCUT2D eigenvalue weighted by Gasteiger charge is 2.78. The Labute approximate surface area is 132 Å². The van der Waals surface area contributed by atoms with Crippen molar-refractivity contribution in [2.24, 2.45) is 0 Å². The van der Waals surface area contributed by atoms with Crippen molar-refractivity contribution in [3.05, 3.63) is 35.4 Å². The van der Waals surface area contributed by atoms with Crippen molar-refractivity contribution in [1.29, 1.82) is 0 Å². The molecule has 3 nitrogen and oxygen atoms in total. The molecule has 2 atom stereocenters. The van der Waals surface area contributed by atoms with Crippen LogP contribution in [0.15, 0.2) is 24.3 Å². The van der Waals surface area contributed by atoms with E-state index >= 15 is 0 Å². The van der Waals surface area contributed by atoms with Gasteiger partial charge in [0.1, 0.15) is 11.7 Å². The van der Waals surface area contributed by atoms with Crippen molar-refractivity contribution in [2.75, 3.05) is 0 Å². The monoisotopic (exact) mass is 300 g/mol. The molecule has 22 heavy (non-hydrogen) atoms. The number of esters is 1. The minimum absolute atomic E-state index is 0.108. The molecule has 0 radical (unpaired) electrons. The van der Waals surface area contributed by atoms with Crippen LogP contribution >= 0.6 is 0 Å². The maximum atomic E-state index is 12.8. The van der Waals surface area contributed by atoms with E-state index < -0.39 is 11.2 Å². The van der Waals surface area contributed by atoms with E-state index in [1.54, 1.807) is 0 Å². The van der Waals surface area contributed by atoms with Crippen LogP contribution in [-0.2, 0) is 19.9 Å². The molecular formula is C19H24O3. The zero-order valence-corrected chi connectivity index (χ0v) is 13.3. The van der Waals surface area contributed by atoms with Crippen LogP contribution < -0.4 is 0 Å². The third-order valence-corrected chi connectivity index (χ3v) is 5.69. The fraction of sp³-hybridized carbons (Fsp3) is 0.632. The Bertz CT molecular complexity index is 573. The minimum atomic E-state index is -0.695. The first kappa shape index (κ1) is 14.3. The lowest BCUT2D eigenvalue weighted by molar-refractivity contribution is -0.157. The summed E-state index contributed by atoms with van der Waals surface area (Å²) in [5.74, 6) is -0.113. The zero-order chi connectivity index (χ0) is 15.2. The van der Waals surface area contributed by atoms with Crippen LogP contribution in [-0.4, -0.2) is 17.7 Å². The van der Waals surface area contributed by atoms with Gasteiger partial charge >= 0.3 is 5.97 Å². The Morgan fingerprint density at radius 3 is 2.55 bits per heavy atom. The Kier molecular flexibility index (Phi) is 3.30. The summed E-state index contributed by atoms with van der Waals surface area (Å²) in [6.45, 7) is 2.08. The molecule has 2 aliphatic carbocycles. The fourth-order valence-electron chi connectivity index (χ4n) is 4.36. The quantitative estimate of drug-likeness (QED) is 0.625. The molecule has 118 valence electrons. The van der Waals surface area contributed by atoms with E-state index in [2.05, 4.69) is 31.2 Å². The first-order chi connectivity index (χ1) is 10.7. The van der Waals surface area contributed by atoms with E-state index in [9.17, 15) is 4.79 Å². The van der Waals surface area contributed by atoms with Crippen LogP contribution in [0.1, 0.15) is 62.5 Å². The van der Waals surface area contributed by atoms with Gasteiger partial charge < -0.3 is 9.47 Å². The molecule has 1 aliphatic heterocycles. The van der Waals surface area contributed by atoms with Crippen LogP contribution in [0, 0.1) is 6.92 Å². The number of benzene rings is 1. The molecule has 2 unspecified atom stereocenters. The number of epoxide rings is 1. The topological polar surface area (TPSA) is 38.8 Å². The molecule has 3 fully saturated rings. The molecule has 1 saturated heterocycles. The van der Waals surface area contributed by atoms with Crippen LogP contribution in [0.3, 0.4) is 0 Å². The third kappa shape index (κ3) is 2.02. The summed E-state index contributed by atoms with van der Waals surface area (Å²) in [5, 5.41) is 0. The first-order valence-corrected chi connectivity index (χ1v) is 8.65. The number of aryl methyl sites for hydroxylation is 1. The molecule has 1 aromatic carbocycles.